The van der Waals surface area contributed by atoms with Crippen molar-refractivity contribution in [3.8, 4) is 23.0 Å². The van der Waals surface area contributed by atoms with Gasteiger partial charge in [-0.15, -0.1) is 0 Å². The van der Waals surface area contributed by atoms with E-state index in [0.717, 1.165) is 12.0 Å². The summed E-state index contributed by atoms with van der Waals surface area (Å²) >= 11 is 0. The number of fused-ring (bicyclic) bond motifs is 1. The van der Waals surface area contributed by atoms with Crippen LogP contribution in [0.15, 0.2) is 40.8 Å². The zero-order chi connectivity index (χ0) is 14.8. The molecule has 0 aliphatic heterocycles. The minimum Gasteiger partial charge on any atom is -0.508 e. The second-order valence-corrected chi connectivity index (χ2v) is 4.77. The lowest BCUT2D eigenvalue weighted by atomic mass is 10.2. The van der Waals surface area contributed by atoms with Crippen LogP contribution < -0.4 is 10.5 Å². The number of anilines is 1. The fourth-order valence-corrected chi connectivity index (χ4v) is 2.06. The molecule has 3 aromatic rings. The van der Waals surface area contributed by atoms with Crippen LogP contribution >= 0.6 is 0 Å². The van der Waals surface area contributed by atoms with Crippen LogP contribution in [0.3, 0.4) is 0 Å². The highest BCUT2D eigenvalue weighted by atomic mass is 16.5. The number of oxazole rings is 1. The van der Waals surface area contributed by atoms with Crippen LogP contribution in [0.2, 0.25) is 0 Å². The first-order valence-electron chi connectivity index (χ1n) is 6.79. The number of nitrogens with zero attached hydrogens (tertiary/aromatic N) is 1. The Morgan fingerprint density at radius 2 is 2.10 bits per heavy atom. The number of benzene rings is 2. The fourth-order valence-electron chi connectivity index (χ4n) is 2.06. The third-order valence-corrected chi connectivity index (χ3v) is 3.09. The van der Waals surface area contributed by atoms with Crippen LogP contribution in [0.4, 0.5) is 5.69 Å². The van der Waals surface area contributed by atoms with E-state index >= 15 is 0 Å². The number of hydrogen-bond acceptors (Lipinski definition) is 5. The lowest BCUT2D eigenvalue weighted by molar-refractivity contribution is 0.319. The Morgan fingerprint density at radius 1 is 1.24 bits per heavy atom. The summed E-state index contributed by atoms with van der Waals surface area (Å²) in [6.45, 7) is 2.67. The fraction of sp³-hybridized carbons (Fsp3) is 0.188. The van der Waals surface area contributed by atoms with Gasteiger partial charge in [-0.3, -0.25) is 0 Å². The van der Waals surface area contributed by atoms with E-state index in [4.69, 9.17) is 14.9 Å². The second kappa shape index (κ2) is 5.36. The van der Waals surface area contributed by atoms with Gasteiger partial charge in [0.25, 0.3) is 0 Å². The van der Waals surface area contributed by atoms with Gasteiger partial charge in [0.15, 0.2) is 5.58 Å². The van der Waals surface area contributed by atoms with Crippen LogP contribution in [-0.4, -0.2) is 16.7 Å². The average Bonchev–Trinajstić information content (AvgIpc) is 2.89. The number of ether oxygens (including phenoxy) is 1. The van der Waals surface area contributed by atoms with Gasteiger partial charge >= 0.3 is 0 Å². The van der Waals surface area contributed by atoms with Crippen molar-refractivity contribution < 1.29 is 14.3 Å². The van der Waals surface area contributed by atoms with Gasteiger partial charge in [0.1, 0.15) is 17.0 Å². The van der Waals surface area contributed by atoms with E-state index in [1.54, 1.807) is 18.2 Å². The van der Waals surface area contributed by atoms with E-state index < -0.39 is 0 Å². The number of hydrogen-bond donors (Lipinski definition) is 2. The zero-order valence-corrected chi connectivity index (χ0v) is 11.7. The maximum Gasteiger partial charge on any atom is 0.227 e. The highest BCUT2D eigenvalue weighted by Crippen LogP contribution is 2.31. The lowest BCUT2D eigenvalue weighted by Gasteiger charge is -2.08. The quantitative estimate of drug-likeness (QED) is 0.716. The van der Waals surface area contributed by atoms with Gasteiger partial charge in [-0.05, 0) is 36.8 Å². The van der Waals surface area contributed by atoms with E-state index in [1.165, 1.54) is 6.07 Å². The van der Waals surface area contributed by atoms with Crippen molar-refractivity contribution >= 4 is 16.8 Å². The first-order valence-corrected chi connectivity index (χ1v) is 6.79. The molecule has 1 aromatic heterocycles. The Labute approximate surface area is 122 Å². The molecular formula is C16H16N2O3. The smallest absolute Gasteiger partial charge is 0.227 e. The summed E-state index contributed by atoms with van der Waals surface area (Å²) in [6.07, 6.45) is 0.926. The molecule has 0 fully saturated rings. The van der Waals surface area contributed by atoms with E-state index in [1.807, 2.05) is 19.1 Å². The standard InChI is InChI=1S/C16H16N2O3/c1-2-7-20-14-6-3-10(8-12(14)17)16-18-13-5-4-11(19)9-15(13)21-16/h3-6,8-9,19H,2,7,17H2,1H3. The van der Waals surface area contributed by atoms with Crippen molar-refractivity contribution in [2.75, 3.05) is 12.3 Å². The van der Waals surface area contributed by atoms with Crippen LogP contribution in [-0.2, 0) is 0 Å². The van der Waals surface area contributed by atoms with Crippen LogP contribution in [0.25, 0.3) is 22.6 Å². The molecule has 21 heavy (non-hydrogen) atoms. The summed E-state index contributed by atoms with van der Waals surface area (Å²) in [5, 5.41) is 9.45. The van der Waals surface area contributed by atoms with Crippen molar-refractivity contribution in [1.82, 2.24) is 4.98 Å². The number of nitrogen functional groups attached to an aromatic ring is 1. The van der Waals surface area contributed by atoms with Crippen LogP contribution in [0.5, 0.6) is 11.5 Å². The van der Waals surface area contributed by atoms with Gasteiger partial charge in [0.2, 0.25) is 5.89 Å². The summed E-state index contributed by atoms with van der Waals surface area (Å²) in [6, 6.07) is 10.3. The predicted molar refractivity (Wildman–Crippen MR) is 81.3 cm³/mol. The van der Waals surface area contributed by atoms with Gasteiger partial charge < -0.3 is 20.0 Å². The molecule has 0 radical (unpaired) electrons. The van der Waals surface area contributed by atoms with Gasteiger partial charge in [-0.25, -0.2) is 4.98 Å². The molecule has 0 unspecified atom stereocenters. The summed E-state index contributed by atoms with van der Waals surface area (Å²) < 4.78 is 11.2. The Hall–Kier alpha value is -2.69. The number of aromatic hydroxyl groups is 1. The SMILES string of the molecule is CCCOc1ccc(-c2nc3ccc(O)cc3o2)cc1N. The normalized spacial score (nSPS) is 10.9. The van der Waals surface area contributed by atoms with Gasteiger partial charge in [-0.1, -0.05) is 6.92 Å². The molecular weight excluding hydrogens is 268 g/mol. The number of nitrogens with two attached hydrogens (primary N) is 1. The summed E-state index contributed by atoms with van der Waals surface area (Å²) in [5.41, 5.74) is 8.53. The molecule has 5 nitrogen and oxygen atoms in total. The topological polar surface area (TPSA) is 81.5 Å². The molecule has 0 spiro atoms. The Kier molecular flexibility index (Phi) is 3.39. The highest BCUT2D eigenvalue weighted by Gasteiger charge is 2.11. The molecule has 108 valence electrons. The largest absolute Gasteiger partial charge is 0.508 e. The van der Waals surface area contributed by atoms with Gasteiger partial charge in [0, 0.05) is 11.6 Å². The third-order valence-electron chi connectivity index (χ3n) is 3.09. The predicted octanol–water partition coefficient (Wildman–Crippen LogP) is 3.57. The van der Waals surface area contributed by atoms with Crippen molar-refractivity contribution in [2.24, 2.45) is 0 Å². The van der Waals surface area contributed by atoms with Crippen molar-refractivity contribution in [3.05, 3.63) is 36.4 Å². The molecule has 0 aliphatic carbocycles. The molecule has 0 amide bonds. The Bertz CT molecular complexity index is 780. The molecule has 0 aliphatic rings. The monoisotopic (exact) mass is 284 g/mol. The number of phenolic OH excluding ortho intramolecular Hbond substituents is 1. The number of rotatable bonds is 4. The first-order chi connectivity index (χ1) is 10.2. The summed E-state index contributed by atoms with van der Waals surface area (Å²) in [7, 11) is 0. The van der Waals surface area contributed by atoms with E-state index in [2.05, 4.69) is 4.98 Å². The van der Waals surface area contributed by atoms with Crippen molar-refractivity contribution in [1.29, 1.82) is 0 Å². The van der Waals surface area contributed by atoms with Crippen molar-refractivity contribution in [2.45, 2.75) is 13.3 Å². The molecule has 3 rings (SSSR count). The van der Waals surface area contributed by atoms with Gasteiger partial charge in [0.05, 0.1) is 12.3 Å². The molecule has 0 saturated heterocycles. The zero-order valence-electron chi connectivity index (χ0n) is 11.7. The minimum atomic E-state index is 0.146. The minimum absolute atomic E-state index is 0.146. The molecule has 3 N–H and O–H groups in total. The maximum absolute atomic E-state index is 9.45. The highest BCUT2D eigenvalue weighted by molar-refractivity contribution is 5.78. The second-order valence-electron chi connectivity index (χ2n) is 4.77. The van der Waals surface area contributed by atoms with E-state index in [9.17, 15) is 5.11 Å². The molecule has 1 heterocycles. The summed E-state index contributed by atoms with van der Waals surface area (Å²) in [5.74, 6) is 1.27. The number of aromatic nitrogens is 1. The molecule has 0 bridgehead atoms. The Morgan fingerprint density at radius 3 is 2.86 bits per heavy atom. The van der Waals surface area contributed by atoms with E-state index in [0.29, 0.717) is 35.0 Å². The first kappa shape index (κ1) is 13.3. The molecule has 0 atom stereocenters. The van der Waals surface area contributed by atoms with Crippen LogP contribution in [0, 0.1) is 0 Å². The average molecular weight is 284 g/mol. The van der Waals surface area contributed by atoms with Crippen LogP contribution in [0.1, 0.15) is 13.3 Å². The molecule has 0 saturated carbocycles. The molecule has 2 aromatic carbocycles. The molecule has 5 heteroatoms. The van der Waals surface area contributed by atoms with Gasteiger partial charge in [-0.2, -0.15) is 0 Å². The van der Waals surface area contributed by atoms with E-state index in [-0.39, 0.29) is 5.75 Å². The lowest BCUT2D eigenvalue weighted by Crippen LogP contribution is -1.99. The summed E-state index contributed by atoms with van der Waals surface area (Å²) in [4.78, 5) is 4.38. The Balaban J connectivity index is 1.96. The maximum atomic E-state index is 9.45. The number of phenols is 1. The van der Waals surface area contributed by atoms with Crippen molar-refractivity contribution in [3.63, 3.8) is 0 Å². The third kappa shape index (κ3) is 2.63.